The highest BCUT2D eigenvalue weighted by Crippen LogP contribution is 2.44. The van der Waals surface area contributed by atoms with E-state index in [2.05, 4.69) is 25.3 Å². The molecule has 3 aromatic rings. The number of halogens is 4. The predicted molar refractivity (Wildman–Crippen MR) is 140 cm³/mol. The van der Waals surface area contributed by atoms with E-state index in [0.717, 1.165) is 16.0 Å². The Balaban J connectivity index is 1.39. The largest absolute Gasteiger partial charge is 0.471 e. The third-order valence-electron chi connectivity index (χ3n) is 6.94. The summed E-state index contributed by atoms with van der Waals surface area (Å²) < 4.78 is 66.4. The molecule has 1 aliphatic carbocycles. The molecule has 206 valence electrons. The van der Waals surface area contributed by atoms with Gasteiger partial charge < -0.3 is 15.5 Å². The fraction of sp³-hybridized carbons (Fsp3) is 0.320. The second-order valence-electron chi connectivity index (χ2n) is 9.37. The molecule has 2 bridgehead atoms. The first-order valence-electron chi connectivity index (χ1n) is 12.1. The van der Waals surface area contributed by atoms with Crippen LogP contribution in [0.1, 0.15) is 35.8 Å². The summed E-state index contributed by atoms with van der Waals surface area (Å²) in [6.45, 7) is 0.0421. The lowest BCUT2D eigenvalue weighted by atomic mass is 9.78. The molecular formula is C25H24ClF3N6O3S. The first kappa shape index (κ1) is 27.2. The first-order valence-corrected chi connectivity index (χ1v) is 13.9. The lowest BCUT2D eigenvalue weighted by molar-refractivity contribution is -0.185. The number of sulfonamides is 1. The average Bonchev–Trinajstić information content (AvgIpc) is 3.21. The zero-order valence-electron chi connectivity index (χ0n) is 20.6. The number of hydrogen-bond acceptors (Lipinski definition) is 7. The number of benzene rings is 2. The molecule has 3 aliphatic rings. The summed E-state index contributed by atoms with van der Waals surface area (Å²) in [5.41, 5.74) is 2.71. The van der Waals surface area contributed by atoms with Crippen molar-refractivity contribution in [3.05, 3.63) is 64.8 Å². The third kappa shape index (κ3) is 5.52. The van der Waals surface area contributed by atoms with E-state index in [1.165, 1.54) is 19.3 Å². The minimum absolute atomic E-state index is 0.00570. The standard InChI is InChI=1S/C25H24ClF3N6O3S/c1-30-39(37,38)21-5-3-2-4-20(21)33-22-19(26)11-31-24(34-22)32-16-8-9-17-14-6-7-15(18(17)10-16)13-35(12-14)23(36)25(27,28)29/h2-5,8-11,14-15,30H,6-7,12-13H2,1H3,(H2,31,32,33,34). The van der Waals surface area contributed by atoms with Gasteiger partial charge in [-0.3, -0.25) is 4.79 Å². The minimum Gasteiger partial charge on any atom is -0.338 e. The highest BCUT2D eigenvalue weighted by atomic mass is 35.5. The van der Waals surface area contributed by atoms with Crippen molar-refractivity contribution in [1.29, 1.82) is 0 Å². The second kappa shape index (κ2) is 10.3. The molecule has 2 atom stereocenters. The minimum atomic E-state index is -4.90. The Morgan fingerprint density at radius 1 is 1.05 bits per heavy atom. The van der Waals surface area contributed by atoms with Crippen molar-refractivity contribution in [2.24, 2.45) is 0 Å². The highest BCUT2D eigenvalue weighted by molar-refractivity contribution is 7.89. The lowest BCUT2D eigenvalue weighted by Gasteiger charge is -2.26. The first-order chi connectivity index (χ1) is 18.5. The Kier molecular flexibility index (Phi) is 7.16. The molecule has 2 unspecified atom stereocenters. The van der Waals surface area contributed by atoms with E-state index in [9.17, 15) is 26.4 Å². The van der Waals surface area contributed by atoms with Gasteiger partial charge in [0.2, 0.25) is 16.0 Å². The number of fused-ring (bicyclic) bond motifs is 3. The SMILES string of the molecule is CNS(=O)(=O)c1ccccc1Nc1nc(Nc2ccc3c(c2)C2CCC3CN(C(=O)C(F)(F)F)C2)ncc1Cl. The van der Waals surface area contributed by atoms with Crippen LogP contribution < -0.4 is 15.4 Å². The van der Waals surface area contributed by atoms with E-state index >= 15 is 0 Å². The summed E-state index contributed by atoms with van der Waals surface area (Å²) in [7, 11) is -2.45. The molecule has 14 heteroatoms. The number of carbonyl (C=O) groups excluding carboxylic acids is 1. The third-order valence-corrected chi connectivity index (χ3v) is 8.69. The summed E-state index contributed by atoms with van der Waals surface area (Å²) in [6, 6.07) is 11.8. The predicted octanol–water partition coefficient (Wildman–Crippen LogP) is 4.89. The van der Waals surface area contributed by atoms with Gasteiger partial charge in [-0.1, -0.05) is 29.8 Å². The van der Waals surface area contributed by atoms with Crippen molar-refractivity contribution in [3.8, 4) is 0 Å². The van der Waals surface area contributed by atoms with Crippen LogP contribution in [0, 0.1) is 0 Å². The van der Waals surface area contributed by atoms with E-state index in [0.29, 0.717) is 18.5 Å². The van der Waals surface area contributed by atoms with Crippen LogP contribution in [0.5, 0.6) is 0 Å². The number of alkyl halides is 3. The smallest absolute Gasteiger partial charge is 0.338 e. The van der Waals surface area contributed by atoms with Crippen molar-refractivity contribution in [2.75, 3.05) is 30.8 Å². The average molecular weight is 581 g/mol. The molecule has 1 amide bonds. The topological polar surface area (TPSA) is 116 Å². The number of carbonyl (C=O) groups is 1. The van der Waals surface area contributed by atoms with Crippen LogP contribution >= 0.6 is 11.6 Å². The second-order valence-corrected chi connectivity index (χ2v) is 11.6. The Morgan fingerprint density at radius 2 is 1.74 bits per heavy atom. The molecule has 0 radical (unpaired) electrons. The molecule has 0 saturated carbocycles. The maximum Gasteiger partial charge on any atom is 0.471 e. The van der Waals surface area contributed by atoms with Gasteiger partial charge in [0, 0.05) is 30.6 Å². The van der Waals surface area contributed by atoms with Crippen molar-refractivity contribution in [2.45, 2.75) is 35.7 Å². The van der Waals surface area contributed by atoms with Crippen LogP contribution in [0.4, 0.5) is 36.3 Å². The van der Waals surface area contributed by atoms with Gasteiger partial charge in [0.15, 0.2) is 5.82 Å². The fourth-order valence-corrected chi connectivity index (χ4v) is 6.13. The Hall–Kier alpha value is -3.42. The van der Waals surface area contributed by atoms with Gasteiger partial charge >= 0.3 is 12.1 Å². The Bertz CT molecular complexity index is 1540. The quantitative estimate of drug-likeness (QED) is 0.380. The number of nitrogens with one attached hydrogen (secondary N) is 3. The van der Waals surface area contributed by atoms with Crippen molar-refractivity contribution in [1.82, 2.24) is 19.6 Å². The van der Waals surface area contributed by atoms with Gasteiger partial charge in [-0.15, -0.1) is 0 Å². The molecule has 3 N–H and O–H groups in total. The summed E-state index contributed by atoms with van der Waals surface area (Å²) in [4.78, 5) is 21.5. The maximum absolute atomic E-state index is 13.1. The van der Waals surface area contributed by atoms with Crippen molar-refractivity contribution in [3.63, 3.8) is 0 Å². The summed E-state index contributed by atoms with van der Waals surface area (Å²) in [5.74, 6) is -1.85. The molecule has 1 fully saturated rings. The zero-order chi connectivity index (χ0) is 27.9. The van der Waals surface area contributed by atoms with Crippen molar-refractivity contribution >= 4 is 50.7 Å². The molecule has 2 aromatic carbocycles. The Morgan fingerprint density at radius 3 is 2.44 bits per heavy atom. The van der Waals surface area contributed by atoms with E-state index < -0.39 is 22.1 Å². The number of amides is 1. The van der Waals surface area contributed by atoms with Gasteiger partial charge in [-0.25, -0.2) is 18.1 Å². The van der Waals surface area contributed by atoms with Gasteiger partial charge in [-0.2, -0.15) is 18.2 Å². The van der Waals surface area contributed by atoms with Gasteiger partial charge in [-0.05, 0) is 55.3 Å². The zero-order valence-corrected chi connectivity index (χ0v) is 22.2. The normalized spacial score (nSPS) is 18.8. The Labute approximate surface area is 227 Å². The maximum atomic E-state index is 13.1. The van der Waals surface area contributed by atoms with Crippen LogP contribution in [0.3, 0.4) is 0 Å². The number of nitrogens with zero attached hydrogens (tertiary/aromatic N) is 3. The summed E-state index contributed by atoms with van der Waals surface area (Å²) >= 11 is 6.28. The van der Waals surface area contributed by atoms with E-state index in [1.54, 1.807) is 24.3 Å². The van der Waals surface area contributed by atoms with Crippen LogP contribution in [-0.2, 0) is 14.8 Å². The molecule has 1 aromatic heterocycles. The molecule has 3 heterocycles. The van der Waals surface area contributed by atoms with Crippen LogP contribution in [0.15, 0.2) is 53.6 Å². The lowest BCUT2D eigenvalue weighted by Crippen LogP contribution is -2.42. The van der Waals surface area contributed by atoms with Crippen LogP contribution in [0.2, 0.25) is 5.02 Å². The molecule has 39 heavy (non-hydrogen) atoms. The molecule has 9 nitrogen and oxygen atoms in total. The van der Waals surface area contributed by atoms with E-state index in [1.807, 2.05) is 12.1 Å². The molecule has 0 spiro atoms. The molecule has 6 rings (SSSR count). The number of para-hydroxylation sites is 1. The van der Waals surface area contributed by atoms with Gasteiger partial charge in [0.1, 0.15) is 9.92 Å². The molecular weight excluding hydrogens is 557 g/mol. The fourth-order valence-electron chi connectivity index (χ4n) is 5.11. The van der Waals surface area contributed by atoms with E-state index in [-0.39, 0.29) is 52.3 Å². The number of aromatic nitrogens is 2. The number of hydrogen-bond donors (Lipinski definition) is 3. The van der Waals surface area contributed by atoms with Gasteiger partial charge in [0.25, 0.3) is 0 Å². The van der Waals surface area contributed by atoms with Crippen LogP contribution in [0.25, 0.3) is 0 Å². The highest BCUT2D eigenvalue weighted by Gasteiger charge is 2.46. The molecule has 2 aliphatic heterocycles. The van der Waals surface area contributed by atoms with Gasteiger partial charge in [0.05, 0.1) is 11.9 Å². The number of rotatable bonds is 6. The van der Waals surface area contributed by atoms with Crippen molar-refractivity contribution < 1.29 is 26.4 Å². The monoisotopic (exact) mass is 580 g/mol. The summed E-state index contributed by atoms with van der Waals surface area (Å²) in [6.07, 6.45) is -2.14. The summed E-state index contributed by atoms with van der Waals surface area (Å²) in [5, 5.41) is 6.19. The number of anilines is 4. The molecule has 1 saturated heterocycles. The van der Waals surface area contributed by atoms with Crippen LogP contribution in [-0.4, -0.2) is 55.5 Å². The van der Waals surface area contributed by atoms with E-state index in [4.69, 9.17) is 11.6 Å².